The largest absolute Gasteiger partial charge is 0.491 e. The number of aliphatic hydroxyl groups excluding tert-OH is 1. The average molecular weight is 326 g/mol. The van der Waals surface area contributed by atoms with Gasteiger partial charge in [0.05, 0.1) is 0 Å². The van der Waals surface area contributed by atoms with Crippen molar-refractivity contribution < 1.29 is 14.6 Å². The summed E-state index contributed by atoms with van der Waals surface area (Å²) < 4.78 is 5.69. The van der Waals surface area contributed by atoms with Crippen molar-refractivity contribution in [3.05, 3.63) is 72.3 Å². The molecule has 1 unspecified atom stereocenters. The van der Waals surface area contributed by atoms with Gasteiger partial charge in [-0.1, -0.05) is 24.3 Å². The molecule has 0 heterocycles. The molecular formula is C19H22N2O3. The molecule has 0 saturated carbocycles. The van der Waals surface area contributed by atoms with Crippen LogP contribution in [0, 0.1) is 0 Å². The van der Waals surface area contributed by atoms with Gasteiger partial charge in [-0.05, 0) is 42.3 Å². The lowest BCUT2D eigenvalue weighted by atomic mass is 10.1. The Labute approximate surface area is 141 Å². The second-order valence-electron chi connectivity index (χ2n) is 5.39. The van der Waals surface area contributed by atoms with Crippen LogP contribution in [-0.4, -0.2) is 30.3 Å². The molecule has 2 aromatic carbocycles. The number of carbonyl (C=O) groups is 1. The van der Waals surface area contributed by atoms with Gasteiger partial charge in [0.1, 0.15) is 18.5 Å². The van der Waals surface area contributed by atoms with E-state index < -0.39 is 12.0 Å². The highest BCUT2D eigenvalue weighted by atomic mass is 16.5. The smallest absolute Gasteiger partial charge is 0.248 e. The fourth-order valence-corrected chi connectivity index (χ4v) is 2.20. The lowest BCUT2D eigenvalue weighted by molar-refractivity contribution is 0.1000. The van der Waals surface area contributed by atoms with Gasteiger partial charge in [0, 0.05) is 17.8 Å². The zero-order valence-corrected chi connectivity index (χ0v) is 13.4. The van der Waals surface area contributed by atoms with Gasteiger partial charge < -0.3 is 20.9 Å². The second kappa shape index (κ2) is 8.74. The third-order valence-corrected chi connectivity index (χ3v) is 3.48. The number of ether oxygens (including phenoxy) is 1. The third kappa shape index (κ3) is 5.14. The molecule has 0 aliphatic carbocycles. The van der Waals surface area contributed by atoms with Crippen LogP contribution in [0.5, 0.6) is 5.75 Å². The lowest BCUT2D eigenvalue weighted by Crippen LogP contribution is -2.26. The molecule has 1 atom stereocenters. The van der Waals surface area contributed by atoms with Crippen LogP contribution in [0.25, 0.3) is 0 Å². The van der Waals surface area contributed by atoms with Crippen molar-refractivity contribution in [1.29, 1.82) is 0 Å². The minimum absolute atomic E-state index is 0.181. The molecule has 0 spiro atoms. The van der Waals surface area contributed by atoms with Crippen molar-refractivity contribution >= 4 is 11.6 Å². The Balaban J connectivity index is 1.82. The molecule has 0 radical (unpaired) electrons. The number of primary amides is 1. The van der Waals surface area contributed by atoms with E-state index in [1.165, 1.54) is 0 Å². The summed E-state index contributed by atoms with van der Waals surface area (Å²) in [7, 11) is 0. The highest BCUT2D eigenvalue weighted by Gasteiger charge is 2.08. The molecule has 0 bridgehead atoms. The minimum atomic E-state index is -0.669. The summed E-state index contributed by atoms with van der Waals surface area (Å²) in [6, 6.07) is 14.5. The van der Waals surface area contributed by atoms with Gasteiger partial charge in [0.2, 0.25) is 5.91 Å². The fourth-order valence-electron chi connectivity index (χ4n) is 2.20. The maximum Gasteiger partial charge on any atom is 0.248 e. The number of aliphatic hydroxyl groups is 1. The van der Waals surface area contributed by atoms with E-state index in [0.717, 1.165) is 23.4 Å². The van der Waals surface area contributed by atoms with Gasteiger partial charge >= 0.3 is 0 Å². The van der Waals surface area contributed by atoms with Crippen LogP contribution in [-0.2, 0) is 6.42 Å². The Kier molecular flexibility index (Phi) is 6.40. The number of benzene rings is 2. The predicted octanol–water partition coefficient (Wildman–Crippen LogP) is 2.37. The topological polar surface area (TPSA) is 84.6 Å². The zero-order valence-electron chi connectivity index (χ0n) is 13.4. The molecule has 2 rings (SSSR count). The van der Waals surface area contributed by atoms with Crippen molar-refractivity contribution in [3.63, 3.8) is 0 Å². The van der Waals surface area contributed by atoms with Crippen LogP contribution in [0.1, 0.15) is 15.9 Å². The second-order valence-corrected chi connectivity index (χ2v) is 5.39. The molecule has 1 amide bonds. The number of nitrogens with two attached hydrogens (primary N) is 1. The van der Waals surface area contributed by atoms with Gasteiger partial charge in [-0.2, -0.15) is 0 Å². The van der Waals surface area contributed by atoms with Crippen LogP contribution in [0.15, 0.2) is 61.2 Å². The highest BCUT2D eigenvalue weighted by molar-refractivity contribution is 5.93. The number of carbonyl (C=O) groups excluding carboxylic acids is 1. The lowest BCUT2D eigenvalue weighted by Gasteiger charge is -2.16. The van der Waals surface area contributed by atoms with Gasteiger partial charge in [-0.15, -0.1) is 6.58 Å². The van der Waals surface area contributed by atoms with E-state index >= 15 is 0 Å². The molecule has 24 heavy (non-hydrogen) atoms. The zero-order chi connectivity index (χ0) is 17.4. The molecule has 126 valence electrons. The van der Waals surface area contributed by atoms with Gasteiger partial charge in [0.15, 0.2) is 0 Å². The molecule has 2 aromatic rings. The first-order valence-electron chi connectivity index (χ1n) is 7.73. The molecule has 5 heteroatoms. The predicted molar refractivity (Wildman–Crippen MR) is 95.3 cm³/mol. The fraction of sp³-hybridized carbons (Fsp3) is 0.211. The summed E-state index contributed by atoms with van der Waals surface area (Å²) in [4.78, 5) is 11.0. The number of allylic oxidation sites excluding steroid dienone is 1. The first-order valence-corrected chi connectivity index (χ1v) is 7.73. The highest BCUT2D eigenvalue weighted by Crippen LogP contribution is 2.19. The standard InChI is InChI=1S/C19H22N2O3/c1-2-5-14-6-3-4-7-18(14)24-13-17(22)12-21-16-10-8-15(9-11-16)19(20)23/h2-4,6-11,17,21-22H,1,5,12-13H2,(H2,20,23). The number of rotatable bonds is 9. The van der Waals surface area contributed by atoms with Gasteiger partial charge in [0.25, 0.3) is 0 Å². The SMILES string of the molecule is C=CCc1ccccc1OCC(O)CNc1ccc(C(N)=O)cc1. The van der Waals surface area contributed by atoms with Crippen molar-refractivity contribution in [1.82, 2.24) is 0 Å². The maximum atomic E-state index is 11.0. The monoisotopic (exact) mass is 326 g/mol. The van der Waals surface area contributed by atoms with E-state index in [4.69, 9.17) is 10.5 Å². The summed E-state index contributed by atoms with van der Waals surface area (Å²) >= 11 is 0. The first kappa shape index (κ1) is 17.6. The van der Waals surface area contributed by atoms with Crippen LogP contribution >= 0.6 is 0 Å². The summed E-state index contributed by atoms with van der Waals surface area (Å²) in [5.74, 6) is 0.287. The van der Waals surface area contributed by atoms with Gasteiger partial charge in [-0.3, -0.25) is 4.79 Å². The number of para-hydroxylation sites is 1. The van der Waals surface area contributed by atoms with E-state index in [9.17, 15) is 9.90 Å². The van der Waals surface area contributed by atoms with Gasteiger partial charge in [-0.25, -0.2) is 0 Å². The molecule has 5 nitrogen and oxygen atoms in total. The number of anilines is 1. The first-order chi connectivity index (χ1) is 11.6. The normalized spacial score (nSPS) is 11.5. The molecule has 0 aliphatic heterocycles. The molecule has 0 saturated heterocycles. The number of hydrogen-bond acceptors (Lipinski definition) is 4. The maximum absolute atomic E-state index is 11.0. The van der Waals surface area contributed by atoms with Crippen molar-refractivity contribution in [2.45, 2.75) is 12.5 Å². The minimum Gasteiger partial charge on any atom is -0.491 e. The van der Waals surface area contributed by atoms with E-state index in [2.05, 4.69) is 11.9 Å². The molecule has 4 N–H and O–H groups in total. The summed E-state index contributed by atoms with van der Waals surface area (Å²) in [5, 5.41) is 13.1. The molecule has 0 aromatic heterocycles. The number of nitrogens with one attached hydrogen (secondary N) is 1. The number of amides is 1. The average Bonchev–Trinajstić information content (AvgIpc) is 2.60. The quantitative estimate of drug-likeness (QED) is 0.618. The van der Waals surface area contributed by atoms with Crippen molar-refractivity contribution in [2.75, 3.05) is 18.5 Å². The Hall–Kier alpha value is -2.79. The summed E-state index contributed by atoms with van der Waals surface area (Å²) in [6.45, 7) is 4.24. The molecular weight excluding hydrogens is 304 g/mol. The third-order valence-electron chi connectivity index (χ3n) is 3.48. The Morgan fingerprint density at radius 1 is 1.25 bits per heavy atom. The number of hydrogen-bond donors (Lipinski definition) is 3. The molecule has 0 aliphatic rings. The van der Waals surface area contributed by atoms with Crippen LogP contribution in [0.2, 0.25) is 0 Å². The summed E-state index contributed by atoms with van der Waals surface area (Å²) in [6.07, 6.45) is 1.87. The van der Waals surface area contributed by atoms with Crippen LogP contribution in [0.4, 0.5) is 5.69 Å². The van der Waals surface area contributed by atoms with E-state index in [0.29, 0.717) is 12.1 Å². The Morgan fingerprint density at radius 2 is 1.96 bits per heavy atom. The van der Waals surface area contributed by atoms with Crippen LogP contribution < -0.4 is 15.8 Å². The van der Waals surface area contributed by atoms with Crippen molar-refractivity contribution in [3.8, 4) is 5.75 Å². The van der Waals surface area contributed by atoms with Crippen molar-refractivity contribution in [2.24, 2.45) is 5.73 Å². The van der Waals surface area contributed by atoms with Crippen LogP contribution in [0.3, 0.4) is 0 Å². The van der Waals surface area contributed by atoms with E-state index in [1.54, 1.807) is 24.3 Å². The summed E-state index contributed by atoms with van der Waals surface area (Å²) in [5.41, 5.74) is 7.47. The molecule has 0 fully saturated rings. The Morgan fingerprint density at radius 3 is 2.62 bits per heavy atom. The Bertz CT molecular complexity index is 683. The van der Waals surface area contributed by atoms with E-state index in [-0.39, 0.29) is 6.61 Å². The van der Waals surface area contributed by atoms with E-state index in [1.807, 2.05) is 30.3 Å².